The molecule has 0 radical (unpaired) electrons. The molecule has 15 heavy (non-hydrogen) atoms. The normalized spacial score (nSPS) is 24.1. The highest BCUT2D eigenvalue weighted by Gasteiger charge is 2.31. The van der Waals surface area contributed by atoms with E-state index in [1.165, 1.54) is 5.56 Å². The van der Waals surface area contributed by atoms with E-state index in [2.05, 4.69) is 11.2 Å². The van der Waals surface area contributed by atoms with Crippen LogP contribution >= 0.6 is 0 Å². The third-order valence-corrected chi connectivity index (χ3v) is 3.03. The molecule has 0 amide bonds. The standard InChI is InChI=1S/C12H12N2O/c15-12-10-5-2-1-4-9(10)8-11(12)14-7-3-6-13-14/h1-7,11-12,15H,8H2. The van der Waals surface area contributed by atoms with E-state index in [9.17, 15) is 5.11 Å². The van der Waals surface area contributed by atoms with E-state index in [1.54, 1.807) is 6.20 Å². The van der Waals surface area contributed by atoms with E-state index in [0.717, 1.165) is 12.0 Å². The quantitative estimate of drug-likeness (QED) is 0.761. The zero-order chi connectivity index (χ0) is 10.3. The van der Waals surface area contributed by atoms with Gasteiger partial charge in [-0.05, 0) is 23.6 Å². The summed E-state index contributed by atoms with van der Waals surface area (Å²) in [6.45, 7) is 0. The topological polar surface area (TPSA) is 38.0 Å². The van der Waals surface area contributed by atoms with Gasteiger partial charge in [0.25, 0.3) is 0 Å². The molecule has 3 heteroatoms. The summed E-state index contributed by atoms with van der Waals surface area (Å²) in [5.41, 5.74) is 2.27. The number of hydrogen-bond acceptors (Lipinski definition) is 2. The van der Waals surface area contributed by atoms with Crippen molar-refractivity contribution in [3.63, 3.8) is 0 Å². The lowest BCUT2D eigenvalue weighted by molar-refractivity contribution is 0.121. The summed E-state index contributed by atoms with van der Waals surface area (Å²) in [6, 6.07) is 9.98. The number of aliphatic hydroxyl groups excluding tert-OH is 1. The van der Waals surface area contributed by atoms with E-state index < -0.39 is 6.10 Å². The van der Waals surface area contributed by atoms with Gasteiger partial charge in [0.05, 0.1) is 6.04 Å². The van der Waals surface area contributed by atoms with Crippen molar-refractivity contribution >= 4 is 0 Å². The van der Waals surface area contributed by atoms with Crippen LogP contribution in [0.5, 0.6) is 0 Å². The van der Waals surface area contributed by atoms with Crippen molar-refractivity contribution in [3.8, 4) is 0 Å². The van der Waals surface area contributed by atoms with E-state index >= 15 is 0 Å². The second kappa shape index (κ2) is 3.21. The third-order valence-electron chi connectivity index (χ3n) is 3.03. The maximum atomic E-state index is 10.2. The molecule has 1 aromatic carbocycles. The summed E-state index contributed by atoms with van der Waals surface area (Å²) in [5, 5.41) is 14.3. The maximum absolute atomic E-state index is 10.2. The highest BCUT2D eigenvalue weighted by molar-refractivity contribution is 5.35. The van der Waals surface area contributed by atoms with E-state index in [4.69, 9.17) is 0 Å². The molecular weight excluding hydrogens is 188 g/mol. The van der Waals surface area contributed by atoms with Gasteiger partial charge in [0, 0.05) is 12.4 Å². The van der Waals surface area contributed by atoms with Crippen molar-refractivity contribution in [1.29, 1.82) is 0 Å². The Morgan fingerprint density at radius 3 is 2.87 bits per heavy atom. The lowest BCUT2D eigenvalue weighted by atomic mass is 10.1. The first kappa shape index (κ1) is 8.68. The monoisotopic (exact) mass is 200 g/mol. The molecule has 1 heterocycles. The first-order valence-corrected chi connectivity index (χ1v) is 5.11. The van der Waals surface area contributed by atoms with Gasteiger partial charge in [0.15, 0.2) is 0 Å². The van der Waals surface area contributed by atoms with Crippen molar-refractivity contribution in [1.82, 2.24) is 9.78 Å². The van der Waals surface area contributed by atoms with Crippen LogP contribution in [0.3, 0.4) is 0 Å². The van der Waals surface area contributed by atoms with E-state index in [0.29, 0.717) is 0 Å². The number of rotatable bonds is 1. The number of hydrogen-bond donors (Lipinski definition) is 1. The van der Waals surface area contributed by atoms with Crippen LogP contribution < -0.4 is 0 Å². The van der Waals surface area contributed by atoms with Gasteiger partial charge in [-0.15, -0.1) is 0 Å². The fraction of sp³-hybridized carbons (Fsp3) is 0.250. The summed E-state index contributed by atoms with van der Waals surface area (Å²) in [7, 11) is 0. The van der Waals surface area contributed by atoms with Crippen LogP contribution in [0.1, 0.15) is 23.3 Å². The van der Waals surface area contributed by atoms with Crippen molar-refractivity contribution in [2.45, 2.75) is 18.6 Å². The Labute approximate surface area is 88.0 Å². The summed E-state index contributed by atoms with van der Waals surface area (Å²) >= 11 is 0. The molecule has 76 valence electrons. The van der Waals surface area contributed by atoms with Gasteiger partial charge in [0.1, 0.15) is 6.10 Å². The minimum atomic E-state index is -0.430. The molecule has 1 N–H and O–H groups in total. The van der Waals surface area contributed by atoms with Crippen molar-refractivity contribution in [3.05, 3.63) is 53.9 Å². The lowest BCUT2D eigenvalue weighted by Crippen LogP contribution is -2.14. The average Bonchev–Trinajstić information content (AvgIpc) is 2.87. The summed E-state index contributed by atoms with van der Waals surface area (Å²) < 4.78 is 1.84. The molecule has 0 saturated heterocycles. The number of nitrogens with zero attached hydrogens (tertiary/aromatic N) is 2. The second-order valence-corrected chi connectivity index (χ2v) is 3.90. The molecule has 3 rings (SSSR count). The molecule has 0 saturated carbocycles. The number of fused-ring (bicyclic) bond motifs is 1. The number of benzene rings is 1. The van der Waals surface area contributed by atoms with Crippen LogP contribution in [0.4, 0.5) is 0 Å². The van der Waals surface area contributed by atoms with Gasteiger partial charge >= 0.3 is 0 Å². The van der Waals surface area contributed by atoms with Gasteiger partial charge in [0.2, 0.25) is 0 Å². The lowest BCUT2D eigenvalue weighted by Gasteiger charge is -2.15. The Morgan fingerprint density at radius 1 is 1.27 bits per heavy atom. The van der Waals surface area contributed by atoms with Crippen LogP contribution in [-0.2, 0) is 6.42 Å². The molecule has 2 aromatic rings. The highest BCUT2D eigenvalue weighted by atomic mass is 16.3. The predicted octanol–water partition coefficient (Wildman–Crippen LogP) is 1.71. The molecule has 0 spiro atoms. The SMILES string of the molecule is OC1c2ccccc2CC1n1cccn1. The van der Waals surface area contributed by atoms with E-state index in [1.807, 2.05) is 35.1 Å². The van der Waals surface area contributed by atoms with Gasteiger partial charge in [-0.2, -0.15) is 5.10 Å². The summed E-state index contributed by atoms with van der Waals surface area (Å²) in [4.78, 5) is 0. The second-order valence-electron chi connectivity index (χ2n) is 3.90. The third kappa shape index (κ3) is 1.27. The first-order chi connectivity index (χ1) is 7.36. The molecule has 1 aliphatic rings. The predicted molar refractivity (Wildman–Crippen MR) is 56.4 cm³/mol. The Hall–Kier alpha value is -1.61. The fourth-order valence-electron chi connectivity index (χ4n) is 2.27. The molecule has 2 atom stereocenters. The Balaban J connectivity index is 2.00. The Morgan fingerprint density at radius 2 is 2.13 bits per heavy atom. The molecule has 1 aromatic heterocycles. The van der Waals surface area contributed by atoms with Gasteiger partial charge in [-0.1, -0.05) is 24.3 Å². The van der Waals surface area contributed by atoms with Crippen LogP contribution in [-0.4, -0.2) is 14.9 Å². The van der Waals surface area contributed by atoms with Crippen LogP contribution in [0.15, 0.2) is 42.7 Å². The molecule has 3 nitrogen and oxygen atoms in total. The Bertz CT molecular complexity index is 464. The molecule has 2 unspecified atom stereocenters. The number of aromatic nitrogens is 2. The van der Waals surface area contributed by atoms with Gasteiger partial charge < -0.3 is 5.11 Å². The highest BCUT2D eigenvalue weighted by Crippen LogP contribution is 2.38. The molecule has 1 aliphatic carbocycles. The van der Waals surface area contributed by atoms with Crippen molar-refractivity contribution in [2.24, 2.45) is 0 Å². The van der Waals surface area contributed by atoms with Crippen molar-refractivity contribution < 1.29 is 5.11 Å². The van der Waals surface area contributed by atoms with Crippen molar-refractivity contribution in [2.75, 3.05) is 0 Å². The fourth-order valence-corrected chi connectivity index (χ4v) is 2.27. The molecule has 0 fully saturated rings. The number of aliphatic hydroxyl groups is 1. The van der Waals surface area contributed by atoms with Crippen LogP contribution in [0, 0.1) is 0 Å². The smallest absolute Gasteiger partial charge is 0.102 e. The van der Waals surface area contributed by atoms with E-state index in [-0.39, 0.29) is 6.04 Å². The summed E-state index contributed by atoms with van der Waals surface area (Å²) in [6.07, 6.45) is 4.08. The largest absolute Gasteiger partial charge is 0.386 e. The van der Waals surface area contributed by atoms with Crippen LogP contribution in [0.25, 0.3) is 0 Å². The Kier molecular flexibility index (Phi) is 1.86. The zero-order valence-corrected chi connectivity index (χ0v) is 8.24. The van der Waals surface area contributed by atoms with Gasteiger partial charge in [-0.25, -0.2) is 0 Å². The molecule has 0 aliphatic heterocycles. The average molecular weight is 200 g/mol. The molecular formula is C12H12N2O. The zero-order valence-electron chi connectivity index (χ0n) is 8.24. The minimum Gasteiger partial charge on any atom is -0.386 e. The molecule has 0 bridgehead atoms. The minimum absolute atomic E-state index is 0.0531. The first-order valence-electron chi connectivity index (χ1n) is 5.11. The van der Waals surface area contributed by atoms with Gasteiger partial charge in [-0.3, -0.25) is 4.68 Å². The van der Waals surface area contributed by atoms with Crippen LogP contribution in [0.2, 0.25) is 0 Å². The maximum Gasteiger partial charge on any atom is 0.102 e. The summed E-state index contributed by atoms with van der Waals surface area (Å²) in [5.74, 6) is 0.